The Morgan fingerprint density at radius 3 is 2.47 bits per heavy atom. The van der Waals surface area contributed by atoms with Gasteiger partial charge in [-0.05, 0) is 38.4 Å². The van der Waals surface area contributed by atoms with Gasteiger partial charge in [-0.25, -0.2) is 0 Å². The molecule has 0 spiro atoms. The van der Waals surface area contributed by atoms with Crippen molar-refractivity contribution in [2.45, 2.75) is 46.2 Å². The van der Waals surface area contributed by atoms with Crippen molar-refractivity contribution in [1.29, 1.82) is 0 Å². The molecule has 96 valence electrons. The molecule has 2 N–H and O–H groups in total. The van der Waals surface area contributed by atoms with Crippen LogP contribution >= 0.6 is 0 Å². The second-order valence-corrected chi connectivity index (χ2v) is 4.57. The van der Waals surface area contributed by atoms with Crippen LogP contribution in [0.1, 0.15) is 44.5 Å². The quantitative estimate of drug-likeness (QED) is 0.824. The van der Waals surface area contributed by atoms with Gasteiger partial charge in [0.2, 0.25) is 0 Å². The normalized spacial score (nSPS) is 14.9. The maximum atomic E-state index is 5.94. The van der Waals surface area contributed by atoms with Gasteiger partial charge in [0.05, 0.1) is 0 Å². The van der Waals surface area contributed by atoms with Crippen LogP contribution in [-0.2, 0) is 0 Å². The van der Waals surface area contributed by atoms with Gasteiger partial charge in [0.25, 0.3) is 0 Å². The second kappa shape index (κ2) is 6.72. The maximum Gasteiger partial charge on any atom is 0.0488 e. The fourth-order valence-electron chi connectivity index (χ4n) is 2.21. The van der Waals surface area contributed by atoms with Crippen molar-refractivity contribution < 1.29 is 0 Å². The highest BCUT2D eigenvalue weighted by atomic mass is 15.2. The van der Waals surface area contributed by atoms with Gasteiger partial charge in [0.15, 0.2) is 0 Å². The molecule has 2 unspecified atom stereocenters. The number of aromatic nitrogens is 1. The summed E-state index contributed by atoms with van der Waals surface area (Å²) in [6.45, 7) is 10.3. The molecule has 0 aromatic carbocycles. The Bertz CT molecular complexity index is 321. The van der Waals surface area contributed by atoms with Crippen LogP contribution in [-0.4, -0.2) is 29.0 Å². The molecule has 3 heteroatoms. The summed E-state index contributed by atoms with van der Waals surface area (Å²) in [7, 11) is 0. The third-order valence-corrected chi connectivity index (χ3v) is 3.46. The van der Waals surface area contributed by atoms with Crippen LogP contribution in [0.4, 0.5) is 0 Å². The Balaban J connectivity index is 2.92. The Morgan fingerprint density at radius 2 is 2.06 bits per heavy atom. The first-order valence-electron chi connectivity index (χ1n) is 6.52. The van der Waals surface area contributed by atoms with Crippen molar-refractivity contribution in [3.8, 4) is 0 Å². The van der Waals surface area contributed by atoms with Crippen LogP contribution in [0, 0.1) is 6.92 Å². The molecule has 0 amide bonds. The standard InChI is InChI=1S/C14H25N3/c1-5-12(4)17(6-2)14(9-15)13-8-7-11(3)16-10-13/h7-8,10,12,14H,5-6,9,15H2,1-4H3. The molecule has 0 radical (unpaired) electrons. The molecule has 0 aliphatic heterocycles. The highest BCUT2D eigenvalue weighted by Crippen LogP contribution is 2.22. The molecule has 0 saturated heterocycles. The summed E-state index contributed by atoms with van der Waals surface area (Å²) in [5.74, 6) is 0. The van der Waals surface area contributed by atoms with E-state index in [1.165, 1.54) is 5.56 Å². The SMILES string of the molecule is CCC(C)N(CC)C(CN)c1ccc(C)nc1. The number of nitrogens with zero attached hydrogens (tertiary/aromatic N) is 2. The molecule has 0 aliphatic rings. The van der Waals surface area contributed by atoms with Gasteiger partial charge in [-0.15, -0.1) is 0 Å². The molecule has 0 saturated carbocycles. The highest BCUT2D eigenvalue weighted by molar-refractivity contribution is 5.18. The van der Waals surface area contributed by atoms with E-state index in [9.17, 15) is 0 Å². The molecular formula is C14H25N3. The topological polar surface area (TPSA) is 42.1 Å². The highest BCUT2D eigenvalue weighted by Gasteiger charge is 2.21. The molecule has 0 aliphatic carbocycles. The van der Waals surface area contributed by atoms with Crippen molar-refractivity contribution in [3.05, 3.63) is 29.6 Å². The number of hydrogen-bond donors (Lipinski definition) is 1. The van der Waals surface area contributed by atoms with E-state index in [1.54, 1.807) is 0 Å². The van der Waals surface area contributed by atoms with E-state index >= 15 is 0 Å². The molecular weight excluding hydrogens is 210 g/mol. The van der Waals surface area contributed by atoms with Crippen LogP contribution in [0.5, 0.6) is 0 Å². The van der Waals surface area contributed by atoms with E-state index in [-0.39, 0.29) is 6.04 Å². The zero-order valence-corrected chi connectivity index (χ0v) is 11.5. The Hall–Kier alpha value is -0.930. The van der Waals surface area contributed by atoms with Crippen molar-refractivity contribution in [3.63, 3.8) is 0 Å². The van der Waals surface area contributed by atoms with Crippen LogP contribution in [0.3, 0.4) is 0 Å². The Kier molecular flexibility index (Phi) is 5.59. The van der Waals surface area contributed by atoms with Crippen LogP contribution < -0.4 is 5.73 Å². The first kappa shape index (κ1) is 14.1. The fraction of sp³-hybridized carbons (Fsp3) is 0.643. The number of rotatable bonds is 6. The minimum Gasteiger partial charge on any atom is -0.329 e. The average molecular weight is 235 g/mol. The monoisotopic (exact) mass is 235 g/mol. The fourth-order valence-corrected chi connectivity index (χ4v) is 2.21. The lowest BCUT2D eigenvalue weighted by Gasteiger charge is -2.34. The van der Waals surface area contributed by atoms with Gasteiger partial charge in [-0.1, -0.05) is 19.9 Å². The number of nitrogens with two attached hydrogens (primary N) is 1. The van der Waals surface area contributed by atoms with Gasteiger partial charge in [0, 0.05) is 30.5 Å². The molecule has 1 aromatic rings. The predicted molar refractivity (Wildman–Crippen MR) is 72.9 cm³/mol. The summed E-state index contributed by atoms with van der Waals surface area (Å²) in [6, 6.07) is 5.03. The number of pyridine rings is 1. The molecule has 2 atom stereocenters. The first-order chi connectivity index (χ1) is 8.13. The second-order valence-electron chi connectivity index (χ2n) is 4.57. The van der Waals surface area contributed by atoms with E-state index in [1.807, 2.05) is 13.1 Å². The number of hydrogen-bond acceptors (Lipinski definition) is 3. The van der Waals surface area contributed by atoms with Crippen molar-refractivity contribution in [2.75, 3.05) is 13.1 Å². The summed E-state index contributed by atoms with van der Waals surface area (Å²) in [4.78, 5) is 6.82. The maximum absolute atomic E-state index is 5.94. The summed E-state index contributed by atoms with van der Waals surface area (Å²) >= 11 is 0. The van der Waals surface area contributed by atoms with Crippen molar-refractivity contribution >= 4 is 0 Å². The molecule has 0 bridgehead atoms. The van der Waals surface area contributed by atoms with E-state index in [4.69, 9.17) is 5.73 Å². The summed E-state index contributed by atoms with van der Waals surface area (Å²) in [5, 5.41) is 0. The van der Waals surface area contributed by atoms with Gasteiger partial charge in [-0.3, -0.25) is 9.88 Å². The first-order valence-corrected chi connectivity index (χ1v) is 6.52. The van der Waals surface area contributed by atoms with Crippen LogP contribution in [0.2, 0.25) is 0 Å². The summed E-state index contributed by atoms with van der Waals surface area (Å²) in [6.07, 6.45) is 3.10. The molecule has 1 heterocycles. The number of likely N-dealkylation sites (N-methyl/N-ethyl adjacent to an activating group) is 1. The summed E-state index contributed by atoms with van der Waals surface area (Å²) < 4.78 is 0. The van der Waals surface area contributed by atoms with Crippen LogP contribution in [0.15, 0.2) is 18.3 Å². The molecule has 17 heavy (non-hydrogen) atoms. The Labute approximate surface area is 105 Å². The number of aryl methyl sites for hydroxylation is 1. The molecule has 0 fully saturated rings. The van der Waals surface area contributed by atoms with Crippen molar-refractivity contribution in [2.24, 2.45) is 5.73 Å². The zero-order chi connectivity index (χ0) is 12.8. The Morgan fingerprint density at radius 1 is 1.35 bits per heavy atom. The third-order valence-electron chi connectivity index (χ3n) is 3.46. The molecule has 1 rings (SSSR count). The third kappa shape index (κ3) is 3.51. The zero-order valence-electron chi connectivity index (χ0n) is 11.5. The minimum absolute atomic E-state index is 0.281. The van der Waals surface area contributed by atoms with Crippen molar-refractivity contribution in [1.82, 2.24) is 9.88 Å². The van der Waals surface area contributed by atoms with E-state index < -0.39 is 0 Å². The smallest absolute Gasteiger partial charge is 0.0488 e. The lowest BCUT2D eigenvalue weighted by Crippen LogP contribution is -2.39. The van der Waals surface area contributed by atoms with Crippen LogP contribution in [0.25, 0.3) is 0 Å². The summed E-state index contributed by atoms with van der Waals surface area (Å²) in [5.41, 5.74) is 8.22. The minimum atomic E-state index is 0.281. The predicted octanol–water partition coefficient (Wildman–Crippen LogP) is 2.51. The van der Waals surface area contributed by atoms with Gasteiger partial charge >= 0.3 is 0 Å². The largest absolute Gasteiger partial charge is 0.329 e. The van der Waals surface area contributed by atoms with Gasteiger partial charge in [0.1, 0.15) is 0 Å². The van der Waals surface area contributed by atoms with Gasteiger partial charge < -0.3 is 5.73 Å². The lowest BCUT2D eigenvalue weighted by atomic mass is 10.0. The lowest BCUT2D eigenvalue weighted by molar-refractivity contribution is 0.151. The van der Waals surface area contributed by atoms with E-state index in [2.05, 4.69) is 42.8 Å². The van der Waals surface area contributed by atoms with Gasteiger partial charge in [-0.2, -0.15) is 0 Å². The molecule has 3 nitrogen and oxygen atoms in total. The average Bonchev–Trinajstić information content (AvgIpc) is 2.36. The molecule has 1 aromatic heterocycles. The van der Waals surface area contributed by atoms with E-state index in [0.717, 1.165) is 18.7 Å². The van der Waals surface area contributed by atoms with E-state index in [0.29, 0.717) is 12.6 Å².